The van der Waals surface area contributed by atoms with Gasteiger partial charge < -0.3 is 14.8 Å². The number of para-hydroxylation sites is 1. The molecule has 1 saturated heterocycles. The van der Waals surface area contributed by atoms with E-state index in [0.717, 1.165) is 30.8 Å². The molecule has 0 spiro atoms. The zero-order chi connectivity index (χ0) is 21.6. The van der Waals surface area contributed by atoms with Crippen LogP contribution in [0.1, 0.15) is 33.1 Å². The number of ether oxygens (including phenoxy) is 2. The molecule has 4 rings (SSSR count). The van der Waals surface area contributed by atoms with E-state index in [1.54, 1.807) is 21.8 Å². The van der Waals surface area contributed by atoms with E-state index in [1.807, 2.05) is 50.2 Å². The third-order valence-corrected chi connectivity index (χ3v) is 4.82. The Morgan fingerprint density at radius 2 is 2.00 bits per heavy atom. The van der Waals surface area contributed by atoms with Gasteiger partial charge in [-0.25, -0.2) is 19.4 Å². The van der Waals surface area contributed by atoms with E-state index in [2.05, 4.69) is 20.4 Å². The lowest BCUT2D eigenvalue weighted by Gasteiger charge is -2.34. The van der Waals surface area contributed by atoms with Crippen molar-refractivity contribution in [1.29, 1.82) is 0 Å². The summed E-state index contributed by atoms with van der Waals surface area (Å²) in [4.78, 5) is 22.6. The number of anilines is 2. The minimum Gasteiger partial charge on any atom is -0.453 e. The molecule has 2 aromatic heterocycles. The van der Waals surface area contributed by atoms with Crippen molar-refractivity contribution in [2.75, 3.05) is 11.9 Å². The van der Waals surface area contributed by atoms with Crippen LogP contribution in [0.3, 0.4) is 0 Å². The van der Waals surface area contributed by atoms with Crippen molar-refractivity contribution in [1.82, 2.24) is 24.6 Å². The fraction of sp³-hybridized carbons (Fsp3) is 0.364. The van der Waals surface area contributed by atoms with E-state index in [4.69, 9.17) is 9.47 Å². The summed E-state index contributed by atoms with van der Waals surface area (Å²) in [6.07, 6.45) is 4.81. The predicted octanol–water partition coefficient (Wildman–Crippen LogP) is 4.14. The van der Waals surface area contributed by atoms with Crippen LogP contribution in [-0.2, 0) is 4.74 Å². The maximum atomic E-state index is 12.4. The first-order chi connectivity index (χ1) is 15.1. The number of likely N-dealkylation sites (tertiary alicyclic amines) is 1. The van der Waals surface area contributed by atoms with Crippen LogP contribution in [0.4, 0.5) is 16.4 Å². The number of rotatable bonds is 6. The molecule has 1 amide bonds. The number of hydrogen-bond acceptors (Lipinski definition) is 7. The first kappa shape index (κ1) is 20.6. The van der Waals surface area contributed by atoms with Crippen LogP contribution < -0.4 is 10.1 Å². The number of aromatic nitrogens is 4. The van der Waals surface area contributed by atoms with Gasteiger partial charge in [-0.15, -0.1) is 0 Å². The molecular formula is C22H26N6O3. The molecule has 1 unspecified atom stereocenters. The Balaban J connectivity index is 1.48. The molecule has 3 heterocycles. The number of carbonyl (C=O) groups excluding carboxylic acids is 1. The van der Waals surface area contributed by atoms with Crippen molar-refractivity contribution >= 4 is 17.7 Å². The van der Waals surface area contributed by atoms with Gasteiger partial charge in [-0.05, 0) is 38.8 Å². The highest BCUT2D eigenvalue weighted by Crippen LogP contribution is 2.24. The Hall–Kier alpha value is -3.62. The summed E-state index contributed by atoms with van der Waals surface area (Å²) in [7, 11) is 0. The molecule has 31 heavy (non-hydrogen) atoms. The van der Waals surface area contributed by atoms with Crippen LogP contribution in [0.15, 0.2) is 55.0 Å². The molecule has 1 aliphatic rings. The average Bonchev–Trinajstić information content (AvgIpc) is 3.22. The summed E-state index contributed by atoms with van der Waals surface area (Å²) in [5, 5.41) is 7.63. The molecule has 0 aliphatic carbocycles. The molecule has 162 valence electrons. The van der Waals surface area contributed by atoms with Crippen LogP contribution in [0.5, 0.6) is 5.88 Å². The van der Waals surface area contributed by atoms with E-state index < -0.39 is 6.23 Å². The smallest absolute Gasteiger partial charge is 0.412 e. The molecule has 1 atom stereocenters. The largest absolute Gasteiger partial charge is 0.453 e. The average molecular weight is 422 g/mol. The quantitative estimate of drug-likeness (QED) is 0.638. The van der Waals surface area contributed by atoms with Crippen molar-refractivity contribution in [3.05, 3.63) is 55.0 Å². The van der Waals surface area contributed by atoms with Crippen LogP contribution in [0, 0.1) is 0 Å². The third kappa shape index (κ3) is 5.11. The molecule has 1 aliphatic heterocycles. The summed E-state index contributed by atoms with van der Waals surface area (Å²) >= 11 is 0. The van der Waals surface area contributed by atoms with Crippen molar-refractivity contribution in [2.24, 2.45) is 0 Å². The second-order valence-electron chi connectivity index (χ2n) is 7.52. The standard InChI is InChI=1S/C22H26N6O3/c1-16(2)30-22(29)27-13-7-6-10-21(27)31-20-14-18(23-15-24-20)26-19-11-12-25-28(19)17-8-4-3-5-9-17/h3-5,8-9,11-12,14-16,21H,6-7,10,13H2,1-2H3,(H,23,24,26). The van der Waals surface area contributed by atoms with Gasteiger partial charge in [0.25, 0.3) is 0 Å². The van der Waals surface area contributed by atoms with Gasteiger partial charge in [-0.3, -0.25) is 4.90 Å². The van der Waals surface area contributed by atoms with Crippen molar-refractivity contribution < 1.29 is 14.3 Å². The Kier molecular flexibility index (Phi) is 6.30. The highest BCUT2D eigenvalue weighted by atomic mass is 16.6. The predicted molar refractivity (Wildman–Crippen MR) is 115 cm³/mol. The number of piperidine rings is 1. The van der Waals surface area contributed by atoms with Crippen LogP contribution in [-0.4, -0.2) is 49.6 Å². The Morgan fingerprint density at radius 1 is 1.16 bits per heavy atom. The Labute approximate surface area is 181 Å². The lowest BCUT2D eigenvalue weighted by atomic mass is 10.1. The van der Waals surface area contributed by atoms with Crippen LogP contribution in [0.2, 0.25) is 0 Å². The third-order valence-electron chi connectivity index (χ3n) is 4.82. The van der Waals surface area contributed by atoms with Crippen molar-refractivity contribution in [3.8, 4) is 11.6 Å². The highest BCUT2D eigenvalue weighted by molar-refractivity contribution is 5.68. The molecule has 1 aromatic carbocycles. The van der Waals surface area contributed by atoms with Gasteiger partial charge >= 0.3 is 6.09 Å². The summed E-state index contributed by atoms with van der Waals surface area (Å²) < 4.78 is 13.2. The summed E-state index contributed by atoms with van der Waals surface area (Å²) in [5.74, 6) is 1.71. The number of hydrogen-bond donors (Lipinski definition) is 1. The summed E-state index contributed by atoms with van der Waals surface area (Å²) in [6, 6.07) is 13.4. The molecular weight excluding hydrogens is 396 g/mol. The number of nitrogens with one attached hydrogen (secondary N) is 1. The van der Waals surface area contributed by atoms with Gasteiger partial charge in [0.05, 0.1) is 18.0 Å². The fourth-order valence-corrected chi connectivity index (χ4v) is 3.42. The van der Waals surface area contributed by atoms with Crippen molar-refractivity contribution in [3.63, 3.8) is 0 Å². The first-order valence-corrected chi connectivity index (χ1v) is 10.4. The van der Waals surface area contributed by atoms with E-state index in [0.29, 0.717) is 18.2 Å². The zero-order valence-electron chi connectivity index (χ0n) is 17.6. The second-order valence-corrected chi connectivity index (χ2v) is 7.52. The summed E-state index contributed by atoms with van der Waals surface area (Å²) in [5.41, 5.74) is 0.932. The molecule has 1 N–H and O–H groups in total. The lowest BCUT2D eigenvalue weighted by Crippen LogP contribution is -2.47. The molecule has 1 fully saturated rings. The Morgan fingerprint density at radius 3 is 2.81 bits per heavy atom. The zero-order valence-corrected chi connectivity index (χ0v) is 17.6. The first-order valence-electron chi connectivity index (χ1n) is 10.4. The van der Waals surface area contributed by atoms with Gasteiger partial charge in [-0.2, -0.15) is 5.10 Å². The number of benzene rings is 1. The molecule has 0 saturated carbocycles. The van der Waals surface area contributed by atoms with Gasteiger partial charge in [0.1, 0.15) is 18.0 Å². The highest BCUT2D eigenvalue weighted by Gasteiger charge is 2.30. The van der Waals surface area contributed by atoms with E-state index in [-0.39, 0.29) is 12.2 Å². The van der Waals surface area contributed by atoms with Gasteiger partial charge in [0.15, 0.2) is 6.23 Å². The normalized spacial score (nSPS) is 16.2. The fourth-order valence-electron chi connectivity index (χ4n) is 3.42. The maximum absolute atomic E-state index is 12.4. The SMILES string of the molecule is CC(C)OC(=O)N1CCCCC1Oc1cc(Nc2ccnn2-c2ccccc2)ncn1. The molecule has 0 radical (unpaired) electrons. The number of amides is 1. The molecule has 9 heteroatoms. The lowest BCUT2D eigenvalue weighted by molar-refractivity contribution is -0.0163. The second kappa shape index (κ2) is 9.46. The molecule has 0 bridgehead atoms. The monoisotopic (exact) mass is 422 g/mol. The van der Waals surface area contributed by atoms with Crippen molar-refractivity contribution in [2.45, 2.75) is 45.4 Å². The maximum Gasteiger partial charge on any atom is 0.412 e. The van der Waals surface area contributed by atoms with Gasteiger partial charge in [0, 0.05) is 25.1 Å². The van der Waals surface area contributed by atoms with E-state index >= 15 is 0 Å². The molecule has 3 aromatic rings. The number of carbonyl (C=O) groups is 1. The van der Waals surface area contributed by atoms with Crippen LogP contribution in [0.25, 0.3) is 5.69 Å². The minimum atomic E-state index is -0.419. The van der Waals surface area contributed by atoms with Crippen LogP contribution >= 0.6 is 0 Å². The molecule has 9 nitrogen and oxygen atoms in total. The van der Waals surface area contributed by atoms with E-state index in [9.17, 15) is 4.79 Å². The van der Waals surface area contributed by atoms with E-state index in [1.165, 1.54) is 6.33 Å². The topological polar surface area (TPSA) is 94.4 Å². The van der Waals surface area contributed by atoms with Gasteiger partial charge in [0.2, 0.25) is 5.88 Å². The minimum absolute atomic E-state index is 0.181. The van der Waals surface area contributed by atoms with Gasteiger partial charge in [-0.1, -0.05) is 18.2 Å². The summed E-state index contributed by atoms with van der Waals surface area (Å²) in [6.45, 7) is 4.27. The Bertz CT molecular complexity index is 1010. The number of nitrogens with zero attached hydrogens (tertiary/aromatic N) is 5.